The van der Waals surface area contributed by atoms with Crippen LogP contribution >= 0.6 is 0 Å². The Labute approximate surface area is 158 Å². The molecule has 7 heteroatoms. The first-order chi connectivity index (χ1) is 12.9. The number of benzene rings is 1. The Hall–Kier alpha value is -2.96. The molecule has 0 saturated carbocycles. The van der Waals surface area contributed by atoms with E-state index in [1.54, 1.807) is 32.7 Å². The number of esters is 1. The number of rotatable bonds is 5. The molecule has 3 rings (SSSR count). The van der Waals surface area contributed by atoms with Crippen LogP contribution in [-0.4, -0.2) is 54.7 Å². The zero-order valence-electron chi connectivity index (χ0n) is 16.0. The van der Waals surface area contributed by atoms with Crippen molar-refractivity contribution in [3.05, 3.63) is 46.8 Å². The highest BCUT2D eigenvalue weighted by molar-refractivity contribution is 6.00. The maximum Gasteiger partial charge on any atom is 0.340 e. The summed E-state index contributed by atoms with van der Waals surface area (Å²) in [6.07, 6.45) is -0.269. The normalized spacial score (nSPS) is 15.3. The second-order valence-electron chi connectivity index (χ2n) is 6.53. The quantitative estimate of drug-likeness (QED) is 0.816. The van der Waals surface area contributed by atoms with Crippen LogP contribution in [0.5, 0.6) is 11.5 Å². The average Bonchev–Trinajstić information content (AvgIpc) is 2.95. The largest absolute Gasteiger partial charge is 0.486 e. The summed E-state index contributed by atoms with van der Waals surface area (Å²) in [5.41, 5.74) is 2.01. The third-order valence-electron chi connectivity index (χ3n) is 4.52. The topological polar surface area (TPSA) is 80.9 Å². The highest BCUT2D eigenvalue weighted by Crippen LogP contribution is 2.31. The number of nitrogens with zero attached hydrogens (tertiary/aromatic N) is 1. The van der Waals surface area contributed by atoms with E-state index < -0.39 is 5.97 Å². The first-order valence-corrected chi connectivity index (χ1v) is 8.92. The van der Waals surface area contributed by atoms with E-state index in [9.17, 15) is 9.59 Å². The fourth-order valence-electron chi connectivity index (χ4n) is 3.21. The van der Waals surface area contributed by atoms with E-state index in [4.69, 9.17) is 14.2 Å². The van der Waals surface area contributed by atoms with Crippen LogP contribution in [0.3, 0.4) is 0 Å². The van der Waals surface area contributed by atoms with Gasteiger partial charge in [0.05, 0.1) is 18.7 Å². The fraction of sp³-hybridized carbons (Fsp3) is 0.400. The lowest BCUT2D eigenvalue weighted by atomic mass is 10.1. The van der Waals surface area contributed by atoms with E-state index in [2.05, 4.69) is 4.98 Å². The number of aryl methyl sites for hydroxylation is 1. The molecule has 1 aliphatic rings. The number of carbonyl (C=O) groups excluding carboxylic acids is 2. The van der Waals surface area contributed by atoms with E-state index in [-0.39, 0.29) is 18.6 Å². The number of likely N-dealkylation sites (N-methyl/N-ethyl adjacent to an activating group) is 1. The predicted octanol–water partition coefficient (Wildman–Crippen LogP) is 2.72. The molecule has 1 N–H and O–H groups in total. The Morgan fingerprint density at radius 2 is 1.96 bits per heavy atom. The summed E-state index contributed by atoms with van der Waals surface area (Å²) in [5.74, 6) is 0.739. The zero-order chi connectivity index (χ0) is 19.6. The van der Waals surface area contributed by atoms with Gasteiger partial charge < -0.3 is 24.1 Å². The molecule has 144 valence electrons. The van der Waals surface area contributed by atoms with Gasteiger partial charge in [0.25, 0.3) is 5.91 Å². The third kappa shape index (κ3) is 3.77. The van der Waals surface area contributed by atoms with Crippen molar-refractivity contribution in [1.82, 2.24) is 9.88 Å². The van der Waals surface area contributed by atoms with Crippen molar-refractivity contribution < 1.29 is 23.8 Å². The molecule has 27 heavy (non-hydrogen) atoms. The first-order valence-electron chi connectivity index (χ1n) is 8.92. The minimum Gasteiger partial charge on any atom is -0.486 e. The summed E-state index contributed by atoms with van der Waals surface area (Å²) in [6.45, 7) is 6.26. The molecule has 2 heterocycles. The summed E-state index contributed by atoms with van der Waals surface area (Å²) >= 11 is 0. The lowest BCUT2D eigenvalue weighted by molar-refractivity contribution is 0.0517. The second kappa shape index (κ2) is 7.73. The SMILES string of the molecule is CCOC(=O)c1c(C)[nH]c(C(=O)N(C)C[C@H]2COc3ccccc3O2)c1C. The molecule has 0 saturated heterocycles. The minimum atomic E-state index is -0.425. The van der Waals surface area contributed by atoms with Gasteiger partial charge in [-0.25, -0.2) is 4.79 Å². The van der Waals surface area contributed by atoms with Crippen molar-refractivity contribution in [2.45, 2.75) is 26.9 Å². The van der Waals surface area contributed by atoms with Crippen molar-refractivity contribution in [3.8, 4) is 11.5 Å². The Morgan fingerprint density at radius 3 is 2.67 bits per heavy atom. The monoisotopic (exact) mass is 372 g/mol. The number of hydrogen-bond acceptors (Lipinski definition) is 5. The van der Waals surface area contributed by atoms with Crippen molar-refractivity contribution in [2.24, 2.45) is 0 Å². The molecule has 0 unspecified atom stereocenters. The van der Waals surface area contributed by atoms with Crippen LogP contribution in [0.1, 0.15) is 39.0 Å². The lowest BCUT2D eigenvalue weighted by Crippen LogP contribution is -2.42. The average molecular weight is 372 g/mol. The standard InChI is InChI=1S/C20H24N2O5/c1-5-25-20(24)17-12(2)18(21-13(17)3)19(23)22(4)10-14-11-26-15-8-6-7-9-16(15)27-14/h6-9,14,21H,5,10-11H2,1-4H3/t14-/m0/s1. The van der Waals surface area contributed by atoms with Crippen LogP contribution < -0.4 is 9.47 Å². The Balaban J connectivity index is 1.71. The number of H-pyrrole nitrogens is 1. The van der Waals surface area contributed by atoms with Crippen LogP contribution in [0.15, 0.2) is 24.3 Å². The van der Waals surface area contributed by atoms with Crippen LogP contribution in [0.2, 0.25) is 0 Å². The van der Waals surface area contributed by atoms with Crippen molar-refractivity contribution in [3.63, 3.8) is 0 Å². The number of para-hydroxylation sites is 2. The van der Waals surface area contributed by atoms with Gasteiger partial charge in [-0.15, -0.1) is 0 Å². The van der Waals surface area contributed by atoms with Crippen molar-refractivity contribution in [1.29, 1.82) is 0 Å². The summed E-state index contributed by atoms with van der Waals surface area (Å²) in [6, 6.07) is 7.45. The molecule has 1 aliphatic heterocycles. The van der Waals surface area contributed by atoms with Crippen LogP contribution in [0.25, 0.3) is 0 Å². The smallest absolute Gasteiger partial charge is 0.340 e. The van der Waals surface area contributed by atoms with Gasteiger partial charge in [0.1, 0.15) is 12.3 Å². The predicted molar refractivity (Wildman–Crippen MR) is 99.5 cm³/mol. The summed E-state index contributed by atoms with van der Waals surface area (Å²) in [5, 5.41) is 0. The number of fused-ring (bicyclic) bond motifs is 1. The molecule has 2 aromatic rings. The van der Waals surface area contributed by atoms with Gasteiger partial charge in [-0.05, 0) is 38.5 Å². The number of carbonyl (C=O) groups is 2. The Morgan fingerprint density at radius 1 is 1.26 bits per heavy atom. The summed E-state index contributed by atoms with van der Waals surface area (Å²) < 4.78 is 16.7. The van der Waals surface area contributed by atoms with E-state index >= 15 is 0 Å². The van der Waals surface area contributed by atoms with Gasteiger partial charge in [0, 0.05) is 12.7 Å². The minimum absolute atomic E-state index is 0.214. The number of ether oxygens (including phenoxy) is 3. The van der Waals surface area contributed by atoms with Gasteiger partial charge in [-0.2, -0.15) is 0 Å². The molecule has 0 radical (unpaired) electrons. The molecule has 1 aromatic heterocycles. The first kappa shape index (κ1) is 18.8. The van der Waals surface area contributed by atoms with E-state index in [1.165, 1.54) is 0 Å². The number of nitrogens with one attached hydrogen (secondary N) is 1. The molecular formula is C20H24N2O5. The highest BCUT2D eigenvalue weighted by atomic mass is 16.6. The molecule has 0 fully saturated rings. The number of hydrogen-bond donors (Lipinski definition) is 1. The number of amides is 1. The van der Waals surface area contributed by atoms with E-state index in [0.717, 1.165) is 0 Å². The van der Waals surface area contributed by atoms with Gasteiger partial charge in [-0.1, -0.05) is 12.1 Å². The number of aromatic nitrogens is 1. The van der Waals surface area contributed by atoms with Crippen LogP contribution in [-0.2, 0) is 4.74 Å². The fourth-order valence-corrected chi connectivity index (χ4v) is 3.21. The van der Waals surface area contributed by atoms with Gasteiger partial charge in [-0.3, -0.25) is 4.79 Å². The van der Waals surface area contributed by atoms with Gasteiger partial charge >= 0.3 is 5.97 Å². The zero-order valence-corrected chi connectivity index (χ0v) is 16.0. The highest BCUT2D eigenvalue weighted by Gasteiger charge is 2.28. The maximum atomic E-state index is 12.9. The molecule has 0 bridgehead atoms. The molecule has 0 aliphatic carbocycles. The van der Waals surface area contributed by atoms with Crippen molar-refractivity contribution in [2.75, 3.05) is 26.8 Å². The van der Waals surface area contributed by atoms with Gasteiger partial charge in [0.2, 0.25) is 0 Å². The third-order valence-corrected chi connectivity index (χ3v) is 4.52. The van der Waals surface area contributed by atoms with Crippen LogP contribution in [0, 0.1) is 13.8 Å². The second-order valence-corrected chi connectivity index (χ2v) is 6.53. The lowest BCUT2D eigenvalue weighted by Gasteiger charge is -2.29. The Kier molecular flexibility index (Phi) is 5.39. The Bertz CT molecular complexity index is 858. The summed E-state index contributed by atoms with van der Waals surface area (Å²) in [7, 11) is 1.70. The molecule has 7 nitrogen and oxygen atoms in total. The van der Waals surface area contributed by atoms with Gasteiger partial charge in [0.15, 0.2) is 17.6 Å². The van der Waals surface area contributed by atoms with E-state index in [1.807, 2.05) is 24.3 Å². The summed E-state index contributed by atoms with van der Waals surface area (Å²) in [4.78, 5) is 29.6. The van der Waals surface area contributed by atoms with Crippen LogP contribution in [0.4, 0.5) is 0 Å². The number of aromatic amines is 1. The van der Waals surface area contributed by atoms with E-state index in [0.29, 0.717) is 47.2 Å². The maximum absolute atomic E-state index is 12.9. The van der Waals surface area contributed by atoms with Crippen molar-refractivity contribution >= 4 is 11.9 Å². The molecule has 1 atom stereocenters. The molecular weight excluding hydrogens is 348 g/mol. The molecule has 0 spiro atoms. The molecule has 1 aromatic carbocycles. The molecule has 1 amide bonds.